The molecule has 13 heteroatoms. The van der Waals surface area contributed by atoms with Crippen molar-refractivity contribution in [2.45, 2.75) is 11.5 Å². The third-order valence-electron chi connectivity index (χ3n) is 3.90. The Balaban J connectivity index is 1.93. The van der Waals surface area contributed by atoms with Crippen molar-refractivity contribution in [1.29, 1.82) is 0 Å². The van der Waals surface area contributed by atoms with Gasteiger partial charge in [-0.15, -0.1) is 0 Å². The molecule has 162 valence electrons. The van der Waals surface area contributed by atoms with Crippen LogP contribution in [0.1, 0.15) is 26.3 Å². The molecule has 1 amide bonds. The van der Waals surface area contributed by atoms with E-state index in [0.717, 1.165) is 24.1 Å². The Bertz CT molecular complexity index is 1090. The fourth-order valence-electron chi connectivity index (χ4n) is 2.59. The van der Waals surface area contributed by atoms with Crippen LogP contribution in [0.5, 0.6) is 5.75 Å². The number of carboxylic acids is 1. The van der Waals surface area contributed by atoms with Crippen LogP contribution in [0.4, 0.5) is 23.4 Å². The van der Waals surface area contributed by atoms with Crippen LogP contribution in [0.25, 0.3) is 5.57 Å². The van der Waals surface area contributed by atoms with Crippen molar-refractivity contribution in [3.63, 3.8) is 0 Å². The van der Waals surface area contributed by atoms with Crippen molar-refractivity contribution in [2.75, 3.05) is 4.72 Å². The van der Waals surface area contributed by atoms with E-state index in [1.54, 1.807) is 6.07 Å². The lowest BCUT2D eigenvalue weighted by Gasteiger charge is -2.12. The molecule has 0 saturated heterocycles. The van der Waals surface area contributed by atoms with Crippen molar-refractivity contribution >= 4 is 52.0 Å². The number of thioether (sulfide) groups is 1. The smallest absolute Gasteiger partial charge is 0.387 e. The second-order valence-corrected chi connectivity index (χ2v) is 7.44. The number of carbonyl (C=O) groups excluding carboxylic acids is 2. The van der Waals surface area contributed by atoms with Gasteiger partial charge < -0.3 is 14.6 Å². The largest absolute Gasteiger partial charge is 0.478 e. The molecule has 2 aromatic rings. The number of para-hydroxylation sites is 1. The van der Waals surface area contributed by atoms with Crippen LogP contribution in [0, 0.1) is 0 Å². The van der Waals surface area contributed by atoms with E-state index in [2.05, 4.69) is 9.46 Å². The van der Waals surface area contributed by atoms with Crippen LogP contribution < -0.4 is 9.46 Å². The summed E-state index contributed by atoms with van der Waals surface area (Å²) in [6.07, 6.45) is 0. The van der Waals surface area contributed by atoms with E-state index in [4.69, 9.17) is 0 Å². The molecule has 3 rings (SSSR count). The number of alkyl halides is 2. The van der Waals surface area contributed by atoms with Crippen molar-refractivity contribution in [2.24, 2.45) is 0 Å². The van der Waals surface area contributed by atoms with Crippen LogP contribution in [0.15, 0.2) is 46.7 Å². The van der Waals surface area contributed by atoms with E-state index in [-0.39, 0.29) is 27.3 Å². The van der Waals surface area contributed by atoms with Gasteiger partial charge in [0, 0.05) is 26.8 Å². The van der Waals surface area contributed by atoms with Gasteiger partial charge in [-0.25, -0.2) is 4.79 Å². The van der Waals surface area contributed by atoms with Crippen LogP contribution >= 0.6 is 23.7 Å². The number of anilines is 1. The Morgan fingerprint density at radius 1 is 1.19 bits per heavy atom. The van der Waals surface area contributed by atoms with Crippen molar-refractivity contribution in [3.8, 4) is 5.75 Å². The average Bonchev–Trinajstić information content (AvgIpc) is 3.01. The van der Waals surface area contributed by atoms with Gasteiger partial charge in [-0.3, -0.25) is 9.59 Å². The second-order valence-electron chi connectivity index (χ2n) is 5.75. The lowest BCUT2D eigenvalue weighted by molar-refractivity contribution is -0.109. The number of nitrogens with one attached hydrogen (secondary N) is 1. The molecule has 0 fully saturated rings. The Morgan fingerprint density at radius 3 is 2.55 bits per heavy atom. The van der Waals surface area contributed by atoms with Gasteiger partial charge in [-0.1, -0.05) is 21.1 Å². The molecule has 0 bridgehead atoms. The van der Waals surface area contributed by atoms with Gasteiger partial charge in [0.2, 0.25) is 5.12 Å². The molecule has 0 atom stereocenters. The summed E-state index contributed by atoms with van der Waals surface area (Å²) in [6, 6.07) is 7.79. The van der Waals surface area contributed by atoms with Gasteiger partial charge in [0.25, 0.3) is 0 Å². The standard InChI is InChI=1S/C18H10F4N2O5S2/c19-18(20)29-13-5-9-11(7-30-23-12-4-2-1-3-8(12)16(26)27)17(28)31-14(9)6-10(13)15(25)24(21)22/h1-7,18,23H,(H,26,27)/b11-7-. The second kappa shape index (κ2) is 9.31. The molecule has 0 spiro atoms. The molecule has 31 heavy (non-hydrogen) atoms. The summed E-state index contributed by atoms with van der Waals surface area (Å²) in [5.74, 6) is -3.85. The number of rotatable bonds is 7. The molecule has 2 aromatic carbocycles. The number of fused-ring (bicyclic) bond motifs is 1. The number of nitrogens with zero attached hydrogens (tertiary/aromatic N) is 1. The van der Waals surface area contributed by atoms with Gasteiger partial charge in [-0.2, -0.15) is 8.78 Å². The number of carboxylic acid groups (broad SMARTS) is 1. The molecule has 0 aliphatic carbocycles. The predicted octanol–water partition coefficient (Wildman–Crippen LogP) is 4.93. The minimum absolute atomic E-state index is 0.0151. The average molecular weight is 474 g/mol. The van der Waals surface area contributed by atoms with E-state index in [1.807, 2.05) is 0 Å². The topological polar surface area (TPSA) is 95.9 Å². The van der Waals surface area contributed by atoms with Gasteiger partial charge in [0.05, 0.1) is 16.8 Å². The highest BCUT2D eigenvalue weighted by Crippen LogP contribution is 2.45. The van der Waals surface area contributed by atoms with Crippen LogP contribution in [-0.2, 0) is 4.79 Å². The maximum atomic E-state index is 12.7. The number of aromatic carboxylic acids is 1. The van der Waals surface area contributed by atoms with E-state index in [1.165, 1.54) is 23.6 Å². The maximum Gasteiger partial charge on any atom is 0.387 e. The first-order valence-corrected chi connectivity index (χ1v) is 9.84. The van der Waals surface area contributed by atoms with E-state index < -0.39 is 40.3 Å². The lowest BCUT2D eigenvalue weighted by Crippen LogP contribution is -2.16. The molecule has 0 radical (unpaired) electrons. The zero-order valence-corrected chi connectivity index (χ0v) is 16.6. The van der Waals surface area contributed by atoms with Crippen molar-refractivity contribution in [3.05, 3.63) is 58.5 Å². The predicted molar refractivity (Wildman–Crippen MR) is 105 cm³/mol. The molecular weight excluding hydrogens is 464 g/mol. The Kier molecular flexibility index (Phi) is 6.75. The minimum Gasteiger partial charge on any atom is -0.478 e. The summed E-state index contributed by atoms with van der Waals surface area (Å²) < 4.78 is 57.7. The normalized spacial score (nSPS) is 14.0. The molecular formula is C18H10F4N2O5S2. The number of ether oxygens (including phenoxy) is 1. The lowest BCUT2D eigenvalue weighted by atomic mass is 10.0. The minimum atomic E-state index is -3.39. The molecule has 0 unspecified atom stereocenters. The van der Waals surface area contributed by atoms with E-state index in [0.29, 0.717) is 11.8 Å². The summed E-state index contributed by atoms with van der Waals surface area (Å²) in [7, 11) is 0. The van der Waals surface area contributed by atoms with Crippen LogP contribution in [0.3, 0.4) is 0 Å². The first-order valence-electron chi connectivity index (χ1n) is 8.14. The summed E-state index contributed by atoms with van der Waals surface area (Å²) in [4.78, 5) is 35.3. The first-order chi connectivity index (χ1) is 14.7. The summed E-state index contributed by atoms with van der Waals surface area (Å²) in [5.41, 5.74) is -0.456. The molecule has 7 nitrogen and oxygen atoms in total. The highest BCUT2D eigenvalue weighted by Gasteiger charge is 2.31. The Labute approximate surface area is 180 Å². The molecule has 2 N–H and O–H groups in total. The molecule has 0 saturated carbocycles. The van der Waals surface area contributed by atoms with Crippen LogP contribution in [-0.4, -0.2) is 34.1 Å². The van der Waals surface area contributed by atoms with Crippen LogP contribution in [0.2, 0.25) is 0 Å². The Hall–Kier alpha value is -3.19. The maximum absolute atomic E-state index is 12.7. The van der Waals surface area contributed by atoms with Crippen molar-refractivity contribution < 1.29 is 42.0 Å². The monoisotopic (exact) mass is 474 g/mol. The fourth-order valence-corrected chi connectivity index (χ4v) is 4.32. The van der Waals surface area contributed by atoms with Gasteiger partial charge in [0.15, 0.2) is 0 Å². The number of amides is 1. The fraction of sp³-hybridized carbons (Fsp3) is 0.0556. The zero-order valence-electron chi connectivity index (χ0n) is 15.0. The number of hydrogen-bond acceptors (Lipinski definition) is 7. The summed E-state index contributed by atoms with van der Waals surface area (Å²) in [5, 5.41) is 8.18. The van der Waals surface area contributed by atoms with Crippen molar-refractivity contribution in [1.82, 2.24) is 5.34 Å². The molecule has 1 aliphatic rings. The number of hydrogen-bond donors (Lipinski definition) is 2. The third-order valence-corrected chi connectivity index (χ3v) is 5.55. The van der Waals surface area contributed by atoms with Gasteiger partial charge in [-0.05, 0) is 48.0 Å². The quantitative estimate of drug-likeness (QED) is 0.252. The van der Waals surface area contributed by atoms with E-state index in [9.17, 15) is 37.2 Å². The highest BCUT2D eigenvalue weighted by molar-refractivity contribution is 8.15. The number of benzene rings is 2. The SMILES string of the molecule is O=C1Sc2cc(C(=O)N(F)F)c(OC(F)F)cc2/C1=C/SNc1ccccc1C(=O)O. The highest BCUT2D eigenvalue weighted by atomic mass is 32.2. The molecule has 1 aliphatic heterocycles. The number of carbonyl (C=O) groups is 3. The summed E-state index contributed by atoms with van der Waals surface area (Å²) in [6.45, 7) is -3.39. The summed E-state index contributed by atoms with van der Waals surface area (Å²) >= 11 is 1.47. The van der Waals surface area contributed by atoms with E-state index >= 15 is 0 Å². The molecule has 1 heterocycles. The van der Waals surface area contributed by atoms with Gasteiger partial charge >= 0.3 is 18.5 Å². The first kappa shape index (κ1) is 22.5. The van der Waals surface area contributed by atoms with Gasteiger partial charge in [0.1, 0.15) is 5.75 Å². The number of halogens is 4. The zero-order chi connectivity index (χ0) is 22.7. The Morgan fingerprint density at radius 2 is 1.90 bits per heavy atom. The molecule has 0 aromatic heterocycles. The third kappa shape index (κ3) is 4.94.